The van der Waals surface area contributed by atoms with E-state index in [1.807, 2.05) is 13.1 Å². The molecule has 5 heteroatoms. The molecule has 1 aromatic heterocycles. The molecule has 21 heavy (non-hydrogen) atoms. The minimum absolute atomic E-state index is 0.140. The smallest absolute Gasteiger partial charge is 0.0589 e. The molecule has 1 N–H and O–H groups in total. The summed E-state index contributed by atoms with van der Waals surface area (Å²) in [5, 5.41) is 7.63. The molecule has 0 aliphatic rings. The lowest BCUT2D eigenvalue weighted by Crippen LogP contribution is -2.17. The van der Waals surface area contributed by atoms with Gasteiger partial charge in [-0.05, 0) is 79.0 Å². The van der Waals surface area contributed by atoms with E-state index < -0.39 is 0 Å². The fourth-order valence-electron chi connectivity index (χ4n) is 2.46. The molecule has 0 spiro atoms. The zero-order chi connectivity index (χ0) is 15.0. The van der Waals surface area contributed by atoms with Gasteiger partial charge in [0.05, 0.1) is 11.1 Å². The zero-order valence-electron chi connectivity index (χ0n) is 11.2. The van der Waals surface area contributed by atoms with Gasteiger partial charge < -0.3 is 5.32 Å². The average Bonchev–Trinajstić information content (AvgIpc) is 2.89. The Morgan fingerprint density at radius 3 is 2.67 bits per heavy atom. The fourth-order valence-corrected chi connectivity index (χ4v) is 4.62. The fraction of sp³-hybridized carbons (Fsp3) is 0.125. The van der Waals surface area contributed by atoms with Crippen molar-refractivity contribution in [3.05, 3.63) is 66.9 Å². The Labute approximate surface area is 149 Å². The van der Waals surface area contributed by atoms with Crippen LogP contribution in [-0.4, -0.2) is 7.05 Å². The summed E-state index contributed by atoms with van der Waals surface area (Å²) in [6.07, 6.45) is 0. The van der Waals surface area contributed by atoms with Gasteiger partial charge in [-0.25, -0.2) is 0 Å². The highest BCUT2D eigenvalue weighted by molar-refractivity contribution is 9.11. The lowest BCUT2D eigenvalue weighted by Gasteiger charge is -2.17. The van der Waals surface area contributed by atoms with E-state index in [0.29, 0.717) is 0 Å². The zero-order valence-corrected chi connectivity index (χ0v) is 15.9. The second kappa shape index (κ2) is 6.39. The summed E-state index contributed by atoms with van der Waals surface area (Å²) in [5.41, 5.74) is 2.47. The molecule has 2 aromatic carbocycles. The Morgan fingerprint density at radius 2 is 1.95 bits per heavy atom. The van der Waals surface area contributed by atoms with Crippen LogP contribution in [0, 0.1) is 0 Å². The van der Waals surface area contributed by atoms with Gasteiger partial charge in [-0.3, -0.25) is 0 Å². The molecule has 1 nitrogen and oxygen atoms in total. The molecule has 3 aromatic rings. The van der Waals surface area contributed by atoms with Crippen LogP contribution in [0.4, 0.5) is 0 Å². The highest BCUT2D eigenvalue weighted by Crippen LogP contribution is 2.38. The number of hydrogen-bond donors (Lipinski definition) is 1. The average molecular weight is 446 g/mol. The Morgan fingerprint density at radius 1 is 1.14 bits per heavy atom. The predicted octanol–water partition coefficient (Wildman–Crippen LogP) is 6.39. The SMILES string of the molecule is CNC(c1ccc(Cl)c(Br)c1)c1csc2c(Br)cccc12. The van der Waals surface area contributed by atoms with Crippen molar-refractivity contribution in [1.82, 2.24) is 5.32 Å². The normalized spacial score (nSPS) is 12.8. The number of halogens is 3. The van der Waals surface area contributed by atoms with Gasteiger partial charge in [0, 0.05) is 13.6 Å². The van der Waals surface area contributed by atoms with E-state index in [1.165, 1.54) is 21.2 Å². The third-order valence-corrected chi connectivity index (χ3v) is 6.64. The van der Waals surface area contributed by atoms with Crippen molar-refractivity contribution in [1.29, 1.82) is 0 Å². The van der Waals surface area contributed by atoms with Crippen LogP contribution in [-0.2, 0) is 0 Å². The summed E-state index contributed by atoms with van der Waals surface area (Å²) in [5.74, 6) is 0. The molecule has 0 radical (unpaired) electrons. The van der Waals surface area contributed by atoms with Gasteiger partial charge in [0.25, 0.3) is 0 Å². The van der Waals surface area contributed by atoms with Gasteiger partial charge in [-0.15, -0.1) is 11.3 Å². The van der Waals surface area contributed by atoms with Gasteiger partial charge in [0.1, 0.15) is 0 Å². The molecule has 108 valence electrons. The molecule has 0 fully saturated rings. The molecule has 1 atom stereocenters. The van der Waals surface area contributed by atoms with Crippen molar-refractivity contribution >= 4 is 64.9 Å². The van der Waals surface area contributed by atoms with Gasteiger partial charge in [0.15, 0.2) is 0 Å². The monoisotopic (exact) mass is 443 g/mol. The number of nitrogens with one attached hydrogen (secondary N) is 1. The van der Waals surface area contributed by atoms with Crippen LogP contribution in [0.2, 0.25) is 5.02 Å². The second-order valence-electron chi connectivity index (χ2n) is 4.70. The molecule has 0 saturated carbocycles. The minimum atomic E-state index is 0.140. The van der Waals surface area contributed by atoms with E-state index in [9.17, 15) is 0 Å². The highest BCUT2D eigenvalue weighted by atomic mass is 79.9. The van der Waals surface area contributed by atoms with Crippen molar-refractivity contribution in [3.63, 3.8) is 0 Å². The quantitative estimate of drug-likeness (QED) is 0.493. The van der Waals surface area contributed by atoms with Crippen LogP contribution in [0.1, 0.15) is 17.2 Å². The molecule has 1 unspecified atom stereocenters. The Balaban J connectivity index is 2.14. The first kappa shape index (κ1) is 15.5. The maximum Gasteiger partial charge on any atom is 0.0589 e. The van der Waals surface area contributed by atoms with E-state index >= 15 is 0 Å². The number of hydrogen-bond acceptors (Lipinski definition) is 2. The minimum Gasteiger partial charge on any atom is -0.309 e. The standard InChI is InChI=1S/C16H12Br2ClNS/c1-20-15(9-5-6-14(19)13(18)7-9)11-8-21-16-10(11)3-2-4-12(16)17/h2-8,15,20H,1H3. The molecular formula is C16H12Br2ClNS. The summed E-state index contributed by atoms with van der Waals surface area (Å²) in [6, 6.07) is 12.5. The van der Waals surface area contributed by atoms with Crippen LogP contribution in [0.15, 0.2) is 50.7 Å². The van der Waals surface area contributed by atoms with Crippen molar-refractivity contribution in [2.75, 3.05) is 7.05 Å². The van der Waals surface area contributed by atoms with E-state index in [2.05, 4.69) is 72.9 Å². The molecule has 1 heterocycles. The van der Waals surface area contributed by atoms with Gasteiger partial charge in [-0.1, -0.05) is 29.8 Å². The summed E-state index contributed by atoms with van der Waals surface area (Å²) >= 11 is 15.0. The van der Waals surface area contributed by atoms with E-state index in [0.717, 1.165) is 14.0 Å². The number of rotatable bonds is 3. The van der Waals surface area contributed by atoms with Crippen LogP contribution in [0.25, 0.3) is 10.1 Å². The van der Waals surface area contributed by atoms with Gasteiger partial charge in [-0.2, -0.15) is 0 Å². The topological polar surface area (TPSA) is 12.0 Å². The Kier molecular flexibility index (Phi) is 4.71. The summed E-state index contributed by atoms with van der Waals surface area (Å²) in [7, 11) is 1.98. The molecule has 0 aliphatic heterocycles. The van der Waals surface area contributed by atoms with E-state index in [-0.39, 0.29) is 6.04 Å². The van der Waals surface area contributed by atoms with E-state index in [4.69, 9.17) is 11.6 Å². The van der Waals surface area contributed by atoms with Gasteiger partial charge in [0.2, 0.25) is 0 Å². The number of thiophene rings is 1. The first-order valence-electron chi connectivity index (χ1n) is 6.39. The third-order valence-electron chi connectivity index (χ3n) is 3.46. The van der Waals surface area contributed by atoms with Crippen LogP contribution in [0.5, 0.6) is 0 Å². The second-order valence-corrected chi connectivity index (χ2v) is 7.70. The molecule has 0 saturated heterocycles. The lowest BCUT2D eigenvalue weighted by atomic mass is 9.98. The maximum atomic E-state index is 6.10. The van der Waals surface area contributed by atoms with Crippen LogP contribution < -0.4 is 5.32 Å². The first-order chi connectivity index (χ1) is 10.1. The van der Waals surface area contributed by atoms with Crippen LogP contribution in [0.3, 0.4) is 0 Å². The van der Waals surface area contributed by atoms with E-state index in [1.54, 1.807) is 11.3 Å². The van der Waals surface area contributed by atoms with Crippen LogP contribution >= 0.6 is 54.8 Å². The molecular weight excluding hydrogens is 434 g/mol. The predicted molar refractivity (Wildman–Crippen MR) is 99.6 cm³/mol. The first-order valence-corrected chi connectivity index (χ1v) is 9.24. The summed E-state index contributed by atoms with van der Waals surface area (Å²) in [6.45, 7) is 0. The molecule has 0 amide bonds. The highest BCUT2D eigenvalue weighted by Gasteiger charge is 2.18. The number of fused-ring (bicyclic) bond motifs is 1. The number of benzene rings is 2. The molecule has 0 bridgehead atoms. The maximum absolute atomic E-state index is 6.10. The van der Waals surface area contributed by atoms with Gasteiger partial charge >= 0.3 is 0 Å². The lowest BCUT2D eigenvalue weighted by molar-refractivity contribution is 0.698. The largest absolute Gasteiger partial charge is 0.309 e. The van der Waals surface area contributed by atoms with Crippen molar-refractivity contribution < 1.29 is 0 Å². The van der Waals surface area contributed by atoms with Crippen molar-refractivity contribution in [2.24, 2.45) is 0 Å². The molecule has 3 rings (SSSR count). The summed E-state index contributed by atoms with van der Waals surface area (Å²) < 4.78 is 3.34. The Bertz CT molecular complexity index is 800. The van der Waals surface area contributed by atoms with Crippen molar-refractivity contribution in [2.45, 2.75) is 6.04 Å². The molecule has 0 aliphatic carbocycles. The summed E-state index contributed by atoms with van der Waals surface area (Å²) in [4.78, 5) is 0. The van der Waals surface area contributed by atoms with Crippen molar-refractivity contribution in [3.8, 4) is 0 Å². The third kappa shape index (κ3) is 2.92. The Hall–Kier alpha value is -0.390.